The Hall–Kier alpha value is -1.56. The van der Waals surface area contributed by atoms with Crippen molar-refractivity contribution in [3.8, 4) is 0 Å². The molecular formula is C15H28N6. The Morgan fingerprint density at radius 1 is 1.19 bits per heavy atom. The van der Waals surface area contributed by atoms with Gasteiger partial charge in [0.05, 0.1) is 13.1 Å². The molecule has 0 amide bonds. The van der Waals surface area contributed by atoms with Gasteiger partial charge in [0.25, 0.3) is 0 Å². The number of aliphatic imine (C=N–C) groups is 1. The van der Waals surface area contributed by atoms with Crippen molar-refractivity contribution in [2.45, 2.75) is 32.7 Å². The minimum Gasteiger partial charge on any atom is -0.357 e. The Morgan fingerprint density at radius 3 is 2.76 bits per heavy atom. The molecule has 0 spiro atoms. The molecule has 21 heavy (non-hydrogen) atoms. The second-order valence-electron chi connectivity index (χ2n) is 5.36. The lowest BCUT2D eigenvalue weighted by atomic mass is 10.1. The number of nitrogens with zero attached hydrogens (tertiary/aromatic N) is 4. The second kappa shape index (κ2) is 9.39. The maximum absolute atomic E-state index is 4.65. The average Bonchev–Trinajstić information content (AvgIpc) is 3.02. The van der Waals surface area contributed by atoms with Crippen LogP contribution in [0.15, 0.2) is 23.5 Å². The molecule has 0 aliphatic carbocycles. The van der Waals surface area contributed by atoms with Gasteiger partial charge in [0.1, 0.15) is 0 Å². The van der Waals surface area contributed by atoms with Gasteiger partial charge in [-0.05, 0) is 38.9 Å². The molecule has 0 atom stereocenters. The first kappa shape index (κ1) is 15.8. The quantitative estimate of drug-likeness (QED) is 0.580. The third-order valence-electron chi connectivity index (χ3n) is 3.67. The van der Waals surface area contributed by atoms with E-state index in [4.69, 9.17) is 0 Å². The van der Waals surface area contributed by atoms with Gasteiger partial charge in [-0.25, -0.2) is 0 Å². The summed E-state index contributed by atoms with van der Waals surface area (Å²) < 4.78 is 1.92. The van der Waals surface area contributed by atoms with Gasteiger partial charge >= 0.3 is 0 Å². The van der Waals surface area contributed by atoms with Crippen LogP contribution in [-0.4, -0.2) is 59.9 Å². The predicted octanol–water partition coefficient (Wildman–Crippen LogP) is 0.924. The molecule has 0 radical (unpaired) electrons. The van der Waals surface area contributed by atoms with Crippen LogP contribution in [0.4, 0.5) is 0 Å². The van der Waals surface area contributed by atoms with E-state index in [1.165, 1.54) is 32.4 Å². The molecule has 1 aromatic heterocycles. The van der Waals surface area contributed by atoms with Crippen molar-refractivity contribution in [2.75, 3.05) is 39.3 Å². The zero-order valence-electron chi connectivity index (χ0n) is 13.1. The van der Waals surface area contributed by atoms with Crippen LogP contribution >= 0.6 is 0 Å². The van der Waals surface area contributed by atoms with Crippen molar-refractivity contribution in [1.82, 2.24) is 25.3 Å². The highest BCUT2D eigenvalue weighted by atomic mass is 15.3. The van der Waals surface area contributed by atoms with Gasteiger partial charge in [-0.1, -0.05) is 6.42 Å². The number of hydrogen-bond acceptors (Lipinski definition) is 3. The van der Waals surface area contributed by atoms with E-state index >= 15 is 0 Å². The third-order valence-corrected chi connectivity index (χ3v) is 3.67. The number of piperidine rings is 1. The minimum atomic E-state index is 0.831. The number of nitrogens with one attached hydrogen (secondary N) is 2. The molecular weight excluding hydrogens is 264 g/mol. The van der Waals surface area contributed by atoms with Crippen LogP contribution < -0.4 is 10.6 Å². The van der Waals surface area contributed by atoms with Crippen LogP contribution in [0, 0.1) is 0 Å². The molecule has 118 valence electrons. The lowest BCUT2D eigenvalue weighted by Crippen LogP contribution is -2.40. The molecule has 1 aliphatic rings. The fraction of sp³-hybridized carbons (Fsp3) is 0.733. The molecule has 1 aliphatic heterocycles. The van der Waals surface area contributed by atoms with E-state index in [-0.39, 0.29) is 0 Å². The average molecular weight is 292 g/mol. The Balaban J connectivity index is 1.67. The van der Waals surface area contributed by atoms with Gasteiger partial charge in [0.15, 0.2) is 5.96 Å². The van der Waals surface area contributed by atoms with Gasteiger partial charge in [0.2, 0.25) is 0 Å². The zero-order chi connectivity index (χ0) is 14.8. The molecule has 6 nitrogen and oxygen atoms in total. The molecule has 2 N–H and O–H groups in total. The predicted molar refractivity (Wildman–Crippen MR) is 86.5 cm³/mol. The van der Waals surface area contributed by atoms with Gasteiger partial charge in [-0.15, -0.1) is 0 Å². The van der Waals surface area contributed by atoms with Gasteiger partial charge in [-0.3, -0.25) is 9.67 Å². The maximum Gasteiger partial charge on any atom is 0.191 e. The Labute approximate surface area is 127 Å². The monoisotopic (exact) mass is 292 g/mol. The van der Waals surface area contributed by atoms with Crippen LogP contribution in [0.2, 0.25) is 0 Å². The molecule has 2 rings (SSSR count). The van der Waals surface area contributed by atoms with E-state index in [0.29, 0.717) is 0 Å². The second-order valence-corrected chi connectivity index (χ2v) is 5.36. The van der Waals surface area contributed by atoms with Gasteiger partial charge < -0.3 is 15.5 Å². The highest BCUT2D eigenvalue weighted by Gasteiger charge is 2.08. The van der Waals surface area contributed by atoms with Gasteiger partial charge in [0, 0.05) is 32.0 Å². The summed E-state index contributed by atoms with van der Waals surface area (Å²) in [4.78, 5) is 7.16. The molecule has 0 saturated carbocycles. The number of hydrogen-bond donors (Lipinski definition) is 2. The first-order valence-electron chi connectivity index (χ1n) is 8.10. The lowest BCUT2D eigenvalue weighted by Gasteiger charge is -2.25. The molecule has 1 fully saturated rings. The summed E-state index contributed by atoms with van der Waals surface area (Å²) in [7, 11) is 0. The van der Waals surface area contributed by atoms with Crippen molar-refractivity contribution >= 4 is 5.96 Å². The third kappa shape index (κ3) is 6.16. The minimum absolute atomic E-state index is 0.831. The summed E-state index contributed by atoms with van der Waals surface area (Å²) in [6.07, 6.45) is 7.84. The van der Waals surface area contributed by atoms with Crippen molar-refractivity contribution in [3.63, 3.8) is 0 Å². The van der Waals surface area contributed by atoms with Gasteiger partial charge in [-0.2, -0.15) is 5.10 Å². The fourth-order valence-electron chi connectivity index (χ4n) is 2.55. The highest BCUT2D eigenvalue weighted by molar-refractivity contribution is 5.79. The summed E-state index contributed by atoms with van der Waals surface area (Å²) in [5, 5.41) is 10.8. The standard InChI is InChI=1S/C15H28N6/c1-2-16-15(18-9-14-21-12-6-7-19-21)17-8-13-20-10-4-3-5-11-20/h6-7,12H,2-5,8-11,13-14H2,1H3,(H2,16,17,18). The molecule has 0 bridgehead atoms. The topological polar surface area (TPSA) is 57.5 Å². The van der Waals surface area contributed by atoms with Crippen LogP contribution in [0.1, 0.15) is 26.2 Å². The lowest BCUT2D eigenvalue weighted by molar-refractivity contribution is 0.235. The van der Waals surface area contributed by atoms with Crippen LogP contribution in [-0.2, 0) is 6.54 Å². The number of aromatic nitrogens is 2. The summed E-state index contributed by atoms with van der Waals surface area (Å²) in [6.45, 7) is 9.05. The molecule has 0 aromatic carbocycles. The zero-order valence-corrected chi connectivity index (χ0v) is 13.1. The smallest absolute Gasteiger partial charge is 0.191 e. The molecule has 6 heteroatoms. The van der Waals surface area contributed by atoms with Crippen LogP contribution in [0.5, 0.6) is 0 Å². The Bertz CT molecular complexity index is 394. The normalized spacial score (nSPS) is 16.9. The molecule has 1 saturated heterocycles. The number of guanidine groups is 1. The van der Waals surface area contributed by atoms with Crippen molar-refractivity contribution in [2.24, 2.45) is 4.99 Å². The summed E-state index contributed by atoms with van der Waals surface area (Å²) in [5.74, 6) is 0.904. The molecule has 0 unspecified atom stereocenters. The van der Waals surface area contributed by atoms with Crippen LogP contribution in [0.3, 0.4) is 0 Å². The first-order chi connectivity index (χ1) is 10.4. The maximum atomic E-state index is 4.65. The summed E-state index contributed by atoms with van der Waals surface area (Å²) in [5.41, 5.74) is 0. The Morgan fingerprint density at radius 2 is 2.05 bits per heavy atom. The van der Waals surface area contributed by atoms with E-state index in [2.05, 4.69) is 32.5 Å². The Kier molecular flexibility index (Phi) is 7.07. The highest BCUT2D eigenvalue weighted by Crippen LogP contribution is 2.07. The fourth-order valence-corrected chi connectivity index (χ4v) is 2.55. The van der Waals surface area contributed by atoms with E-state index < -0.39 is 0 Å². The number of likely N-dealkylation sites (tertiary alicyclic amines) is 1. The van der Waals surface area contributed by atoms with Crippen molar-refractivity contribution < 1.29 is 0 Å². The van der Waals surface area contributed by atoms with Crippen LogP contribution in [0.25, 0.3) is 0 Å². The van der Waals surface area contributed by atoms with E-state index in [0.717, 1.165) is 38.7 Å². The van der Waals surface area contributed by atoms with E-state index in [1.807, 2.05) is 16.9 Å². The summed E-state index contributed by atoms with van der Waals surface area (Å²) >= 11 is 0. The van der Waals surface area contributed by atoms with E-state index in [1.54, 1.807) is 6.20 Å². The first-order valence-corrected chi connectivity index (χ1v) is 8.10. The summed E-state index contributed by atoms with van der Waals surface area (Å²) in [6, 6.07) is 1.94. The van der Waals surface area contributed by atoms with Crippen molar-refractivity contribution in [3.05, 3.63) is 18.5 Å². The molecule has 2 heterocycles. The molecule has 1 aromatic rings. The largest absolute Gasteiger partial charge is 0.357 e. The number of rotatable bonds is 7. The van der Waals surface area contributed by atoms with Crippen molar-refractivity contribution in [1.29, 1.82) is 0 Å². The SMILES string of the molecule is CCNC(=NCCN1CCCCC1)NCCn1cccn1. The van der Waals surface area contributed by atoms with E-state index in [9.17, 15) is 0 Å².